The number of nitrogens with one attached hydrogen (secondary N) is 2. The SMILES string of the molecule is FC(F)(F)c1cc2c(C3CCNC3)cccc2[nH]1. The fourth-order valence-electron chi connectivity index (χ4n) is 2.61. The lowest BCUT2D eigenvalue weighted by Crippen LogP contribution is -2.08. The molecule has 1 unspecified atom stereocenters. The quantitative estimate of drug-likeness (QED) is 0.803. The molecule has 5 heteroatoms. The van der Waals surface area contributed by atoms with E-state index in [0.717, 1.165) is 25.1 Å². The van der Waals surface area contributed by atoms with Gasteiger partial charge >= 0.3 is 6.18 Å². The Bertz CT molecular complexity index is 565. The summed E-state index contributed by atoms with van der Waals surface area (Å²) in [5, 5.41) is 3.93. The molecule has 3 rings (SSSR count). The molecule has 0 radical (unpaired) electrons. The van der Waals surface area contributed by atoms with Crippen molar-refractivity contribution in [2.45, 2.75) is 18.5 Å². The van der Waals surface area contributed by atoms with Crippen molar-refractivity contribution in [2.24, 2.45) is 0 Å². The number of hydrogen-bond donors (Lipinski definition) is 2. The molecular weight excluding hydrogens is 241 g/mol. The van der Waals surface area contributed by atoms with Crippen molar-refractivity contribution in [3.8, 4) is 0 Å². The molecule has 2 heterocycles. The summed E-state index contributed by atoms with van der Waals surface area (Å²) in [4.78, 5) is 2.45. The number of alkyl halides is 3. The first-order valence-corrected chi connectivity index (χ1v) is 5.95. The third-order valence-corrected chi connectivity index (χ3v) is 3.50. The van der Waals surface area contributed by atoms with Gasteiger partial charge in [-0.25, -0.2) is 0 Å². The lowest BCUT2D eigenvalue weighted by Gasteiger charge is -2.09. The van der Waals surface area contributed by atoms with Crippen molar-refractivity contribution in [2.75, 3.05) is 13.1 Å². The molecule has 96 valence electrons. The molecule has 0 amide bonds. The zero-order valence-electron chi connectivity index (χ0n) is 9.64. The maximum absolute atomic E-state index is 12.7. The van der Waals surface area contributed by atoms with E-state index in [1.807, 2.05) is 12.1 Å². The van der Waals surface area contributed by atoms with Crippen LogP contribution in [-0.2, 0) is 6.18 Å². The van der Waals surface area contributed by atoms with Crippen LogP contribution in [-0.4, -0.2) is 18.1 Å². The lowest BCUT2D eigenvalue weighted by atomic mass is 9.95. The first kappa shape index (κ1) is 11.6. The summed E-state index contributed by atoms with van der Waals surface area (Å²) in [5.74, 6) is 0.311. The number of benzene rings is 1. The highest BCUT2D eigenvalue weighted by Gasteiger charge is 2.33. The smallest absolute Gasteiger partial charge is 0.351 e. The van der Waals surface area contributed by atoms with Gasteiger partial charge in [0.1, 0.15) is 5.69 Å². The molecule has 1 atom stereocenters. The molecule has 1 aliphatic heterocycles. The Morgan fingerprint density at radius 3 is 2.72 bits per heavy atom. The molecular formula is C13H13F3N2. The van der Waals surface area contributed by atoms with Crippen LogP contribution in [0.25, 0.3) is 10.9 Å². The first-order valence-electron chi connectivity index (χ1n) is 5.95. The Labute approximate surface area is 102 Å². The molecule has 2 aromatic rings. The molecule has 2 N–H and O–H groups in total. The predicted molar refractivity (Wildman–Crippen MR) is 63.5 cm³/mol. The van der Waals surface area contributed by atoms with Gasteiger partial charge in [-0.3, -0.25) is 0 Å². The Hall–Kier alpha value is -1.49. The number of aromatic amines is 1. The maximum Gasteiger partial charge on any atom is 0.431 e. The maximum atomic E-state index is 12.7. The van der Waals surface area contributed by atoms with Crippen LogP contribution in [0.3, 0.4) is 0 Å². The van der Waals surface area contributed by atoms with Crippen LogP contribution >= 0.6 is 0 Å². The Morgan fingerprint density at radius 1 is 1.22 bits per heavy atom. The van der Waals surface area contributed by atoms with Gasteiger partial charge in [-0.05, 0) is 36.6 Å². The zero-order chi connectivity index (χ0) is 12.8. The molecule has 2 nitrogen and oxygen atoms in total. The van der Waals surface area contributed by atoms with Crippen molar-refractivity contribution < 1.29 is 13.2 Å². The topological polar surface area (TPSA) is 27.8 Å². The van der Waals surface area contributed by atoms with E-state index in [1.54, 1.807) is 6.07 Å². The number of H-pyrrole nitrogens is 1. The Morgan fingerprint density at radius 2 is 2.06 bits per heavy atom. The van der Waals surface area contributed by atoms with Crippen LogP contribution in [0.4, 0.5) is 13.2 Å². The van der Waals surface area contributed by atoms with E-state index in [-0.39, 0.29) is 0 Å². The molecule has 0 saturated carbocycles. The van der Waals surface area contributed by atoms with E-state index in [2.05, 4.69) is 10.3 Å². The number of rotatable bonds is 1. The van der Waals surface area contributed by atoms with E-state index < -0.39 is 11.9 Å². The molecule has 0 spiro atoms. The first-order chi connectivity index (χ1) is 8.55. The van der Waals surface area contributed by atoms with Gasteiger partial charge < -0.3 is 10.3 Å². The summed E-state index contributed by atoms with van der Waals surface area (Å²) < 4.78 is 38.1. The summed E-state index contributed by atoms with van der Waals surface area (Å²) >= 11 is 0. The highest BCUT2D eigenvalue weighted by molar-refractivity contribution is 5.84. The Balaban J connectivity index is 2.12. The van der Waals surface area contributed by atoms with Gasteiger partial charge in [0.05, 0.1) is 0 Å². The predicted octanol–water partition coefficient (Wildman–Crippen LogP) is 3.26. The van der Waals surface area contributed by atoms with Crippen LogP contribution in [0, 0.1) is 0 Å². The van der Waals surface area contributed by atoms with E-state index >= 15 is 0 Å². The average molecular weight is 254 g/mol. The van der Waals surface area contributed by atoms with Crippen molar-refractivity contribution >= 4 is 10.9 Å². The molecule has 0 aliphatic carbocycles. The molecule has 1 aromatic heterocycles. The monoisotopic (exact) mass is 254 g/mol. The summed E-state index contributed by atoms with van der Waals surface area (Å²) in [6, 6.07) is 6.65. The summed E-state index contributed by atoms with van der Waals surface area (Å²) in [6.07, 6.45) is -3.34. The van der Waals surface area contributed by atoms with Crippen molar-refractivity contribution in [1.82, 2.24) is 10.3 Å². The van der Waals surface area contributed by atoms with Crippen LogP contribution in [0.15, 0.2) is 24.3 Å². The lowest BCUT2D eigenvalue weighted by molar-refractivity contribution is -0.140. The number of aromatic nitrogens is 1. The summed E-state index contributed by atoms with van der Waals surface area (Å²) in [6.45, 7) is 1.77. The van der Waals surface area contributed by atoms with Crippen molar-refractivity contribution in [3.05, 3.63) is 35.5 Å². The van der Waals surface area contributed by atoms with Crippen molar-refractivity contribution in [1.29, 1.82) is 0 Å². The minimum Gasteiger partial charge on any atom is -0.351 e. The standard InChI is InChI=1S/C13H13F3N2/c14-13(15,16)12-6-10-9(8-4-5-17-7-8)2-1-3-11(10)18-12/h1-3,6,8,17-18H,4-5,7H2. The zero-order valence-corrected chi connectivity index (χ0v) is 9.64. The molecule has 18 heavy (non-hydrogen) atoms. The summed E-state index contributed by atoms with van der Waals surface area (Å²) in [7, 11) is 0. The van der Waals surface area contributed by atoms with Gasteiger partial charge in [0, 0.05) is 17.4 Å². The van der Waals surface area contributed by atoms with E-state index in [1.165, 1.54) is 6.07 Å². The number of hydrogen-bond acceptors (Lipinski definition) is 1. The van der Waals surface area contributed by atoms with Gasteiger partial charge in [-0.2, -0.15) is 13.2 Å². The molecule has 1 aromatic carbocycles. The minimum absolute atomic E-state index is 0.311. The van der Waals surface area contributed by atoms with E-state index in [4.69, 9.17) is 0 Å². The highest BCUT2D eigenvalue weighted by atomic mass is 19.4. The average Bonchev–Trinajstić information content (AvgIpc) is 2.96. The van der Waals surface area contributed by atoms with Crippen LogP contribution < -0.4 is 5.32 Å². The Kier molecular flexibility index (Phi) is 2.59. The number of fused-ring (bicyclic) bond motifs is 1. The summed E-state index contributed by atoms with van der Waals surface area (Å²) in [5.41, 5.74) is 0.895. The normalized spacial score (nSPS) is 20.7. The molecule has 0 bridgehead atoms. The molecule has 1 fully saturated rings. The van der Waals surface area contributed by atoms with Gasteiger partial charge in [0.25, 0.3) is 0 Å². The minimum atomic E-state index is -4.32. The second-order valence-electron chi connectivity index (χ2n) is 4.68. The van der Waals surface area contributed by atoms with Gasteiger partial charge in [0.15, 0.2) is 0 Å². The van der Waals surface area contributed by atoms with Crippen molar-refractivity contribution in [3.63, 3.8) is 0 Å². The largest absolute Gasteiger partial charge is 0.431 e. The third-order valence-electron chi connectivity index (χ3n) is 3.50. The van der Waals surface area contributed by atoms with Gasteiger partial charge in [0.2, 0.25) is 0 Å². The van der Waals surface area contributed by atoms with E-state index in [0.29, 0.717) is 16.8 Å². The second kappa shape index (κ2) is 4.02. The third kappa shape index (κ3) is 1.88. The number of halogens is 3. The van der Waals surface area contributed by atoms with Crippen LogP contribution in [0.5, 0.6) is 0 Å². The fourth-order valence-corrected chi connectivity index (χ4v) is 2.61. The molecule has 1 saturated heterocycles. The van der Waals surface area contributed by atoms with Gasteiger partial charge in [-0.1, -0.05) is 12.1 Å². The van der Waals surface area contributed by atoms with Crippen LogP contribution in [0.1, 0.15) is 23.6 Å². The second-order valence-corrected chi connectivity index (χ2v) is 4.68. The van der Waals surface area contributed by atoms with Crippen LogP contribution in [0.2, 0.25) is 0 Å². The highest BCUT2D eigenvalue weighted by Crippen LogP contribution is 2.35. The van der Waals surface area contributed by atoms with Gasteiger partial charge in [-0.15, -0.1) is 0 Å². The van der Waals surface area contributed by atoms with E-state index in [9.17, 15) is 13.2 Å². The molecule has 1 aliphatic rings. The fraction of sp³-hybridized carbons (Fsp3) is 0.385.